The van der Waals surface area contributed by atoms with Gasteiger partial charge >= 0.3 is 0 Å². The van der Waals surface area contributed by atoms with Crippen molar-refractivity contribution in [2.45, 2.75) is 87.5 Å². The monoisotopic (exact) mass is 502 g/mol. The first-order chi connectivity index (χ1) is 16.8. The molecule has 0 radical (unpaired) electrons. The molecule has 10 atom stereocenters. The minimum Gasteiger partial charge on any atom is -0.450 e. The second-order valence-corrected chi connectivity index (χ2v) is 8.56. The molecule has 13 heteroatoms. The van der Waals surface area contributed by atoms with E-state index in [0.717, 1.165) is 0 Å². The van der Waals surface area contributed by atoms with E-state index < -0.39 is 68.0 Å². The zero-order chi connectivity index (χ0) is 25.5. The molecule has 4 unspecified atom stereocenters. The maximum Gasteiger partial charge on any atom is 0.227 e. The van der Waals surface area contributed by atoms with Gasteiger partial charge in [0.15, 0.2) is 12.2 Å². The Kier molecular flexibility index (Phi) is 10.2. The first-order valence-corrected chi connectivity index (χ1v) is 11.5. The van der Waals surface area contributed by atoms with Crippen molar-refractivity contribution in [2.24, 2.45) is 4.99 Å². The van der Waals surface area contributed by atoms with E-state index in [2.05, 4.69) is 16.2 Å². The predicted octanol–water partition coefficient (Wildman–Crippen LogP) is -2.99. The number of hydrogen-bond donors (Lipinski definition) is 6. The molecule has 0 aromatic heterocycles. The van der Waals surface area contributed by atoms with Crippen molar-refractivity contribution in [3.05, 3.63) is 0 Å². The quantitative estimate of drug-likeness (QED) is 0.125. The molecule has 2 fully saturated rings. The summed E-state index contributed by atoms with van der Waals surface area (Å²) >= 11 is 0. The van der Waals surface area contributed by atoms with Crippen molar-refractivity contribution in [1.82, 2.24) is 5.32 Å². The molecule has 0 aromatic rings. The van der Waals surface area contributed by atoms with E-state index in [1.54, 1.807) is 6.92 Å². The van der Waals surface area contributed by atoms with E-state index in [1.807, 2.05) is 0 Å². The van der Waals surface area contributed by atoms with Crippen LogP contribution in [0, 0.1) is 12.3 Å². The normalized spacial score (nSPS) is 38.7. The molecule has 3 heterocycles. The lowest BCUT2D eigenvalue weighted by atomic mass is 9.96. The number of aliphatic hydroxyl groups excluding tert-OH is 5. The molecule has 0 spiro atoms. The van der Waals surface area contributed by atoms with Crippen LogP contribution in [0.25, 0.3) is 0 Å². The molecule has 3 rings (SSSR count). The van der Waals surface area contributed by atoms with Crippen LogP contribution in [0.2, 0.25) is 0 Å². The summed E-state index contributed by atoms with van der Waals surface area (Å²) in [7, 11) is 0. The van der Waals surface area contributed by atoms with Crippen molar-refractivity contribution < 1.29 is 54.0 Å². The van der Waals surface area contributed by atoms with Gasteiger partial charge in [-0.15, -0.1) is 12.3 Å². The average Bonchev–Trinajstić information content (AvgIpc) is 3.22. The van der Waals surface area contributed by atoms with Crippen LogP contribution >= 0.6 is 0 Å². The molecule has 2 saturated heterocycles. The second kappa shape index (κ2) is 12.9. The molecule has 0 saturated carbocycles. The minimum absolute atomic E-state index is 0.0678. The Labute approximate surface area is 203 Å². The summed E-state index contributed by atoms with van der Waals surface area (Å²) in [5.41, 5.74) is 0. The van der Waals surface area contributed by atoms with Crippen LogP contribution in [-0.4, -0.2) is 125 Å². The lowest BCUT2D eigenvalue weighted by Gasteiger charge is -2.45. The molecule has 0 aromatic carbocycles. The van der Waals surface area contributed by atoms with Crippen LogP contribution in [0.1, 0.15) is 26.2 Å². The third-order valence-electron chi connectivity index (χ3n) is 5.98. The summed E-state index contributed by atoms with van der Waals surface area (Å²) in [4.78, 5) is 16.2. The summed E-state index contributed by atoms with van der Waals surface area (Å²) in [6.45, 7) is 1.50. The Morgan fingerprint density at radius 3 is 2.60 bits per heavy atom. The van der Waals surface area contributed by atoms with E-state index in [-0.39, 0.29) is 25.5 Å². The van der Waals surface area contributed by atoms with Crippen LogP contribution in [0.3, 0.4) is 0 Å². The van der Waals surface area contributed by atoms with Gasteiger partial charge in [-0.1, -0.05) is 0 Å². The number of aliphatic hydroxyl groups is 5. The molecule has 1 amide bonds. The molecule has 13 nitrogen and oxygen atoms in total. The third kappa shape index (κ3) is 6.88. The van der Waals surface area contributed by atoms with Gasteiger partial charge in [0, 0.05) is 32.9 Å². The summed E-state index contributed by atoms with van der Waals surface area (Å²) < 4.78 is 27.6. The zero-order valence-corrected chi connectivity index (χ0v) is 19.4. The fourth-order valence-corrected chi connectivity index (χ4v) is 4.06. The van der Waals surface area contributed by atoms with Gasteiger partial charge in [-0.25, -0.2) is 4.99 Å². The number of terminal acetylenes is 1. The molecular formula is C22H34N2O11. The highest BCUT2D eigenvalue weighted by Gasteiger charge is 2.52. The number of aliphatic imine (C=N–C) groups is 1. The molecule has 3 aliphatic heterocycles. The van der Waals surface area contributed by atoms with Gasteiger partial charge in [0.05, 0.1) is 13.2 Å². The van der Waals surface area contributed by atoms with E-state index in [9.17, 15) is 30.3 Å². The number of amides is 1. The Morgan fingerprint density at radius 2 is 1.89 bits per heavy atom. The van der Waals surface area contributed by atoms with Crippen LogP contribution in [0.4, 0.5) is 0 Å². The maximum atomic E-state index is 12.1. The Balaban J connectivity index is 1.54. The van der Waals surface area contributed by atoms with Gasteiger partial charge in [-0.3, -0.25) is 4.79 Å². The van der Waals surface area contributed by atoms with Gasteiger partial charge in [0.2, 0.25) is 12.2 Å². The Morgan fingerprint density at radius 1 is 1.11 bits per heavy atom. The standard InChI is InChI=1S/C22H34N2O11/c1-3-4-5-7-31-8-6-14(26)23-9-12-16(27)18(29)19(30)22(33-12)35-20-13(10-25)34-21-15(17(20)28)24-11(2)32-21/h1,12-13,15-22,25,27-30H,4-10H2,2H3,(H,23,26)/t12?,13?,15?,16-,17+,18-,19?,20+,21-,22-/m0/s1. The molecular weight excluding hydrogens is 468 g/mol. The Bertz CT molecular complexity index is 775. The van der Waals surface area contributed by atoms with E-state index in [0.29, 0.717) is 25.3 Å². The highest BCUT2D eigenvalue weighted by atomic mass is 16.7. The highest BCUT2D eigenvalue weighted by Crippen LogP contribution is 2.32. The number of unbranched alkanes of at least 4 members (excludes halogenated alkanes) is 1. The van der Waals surface area contributed by atoms with E-state index in [1.165, 1.54) is 0 Å². The number of nitrogens with zero attached hydrogens (tertiary/aromatic N) is 1. The lowest BCUT2D eigenvalue weighted by Crippen LogP contribution is -2.64. The smallest absolute Gasteiger partial charge is 0.227 e. The van der Waals surface area contributed by atoms with E-state index in [4.69, 9.17) is 30.1 Å². The number of carbonyl (C=O) groups is 1. The second-order valence-electron chi connectivity index (χ2n) is 8.56. The van der Waals surface area contributed by atoms with Gasteiger partial charge in [0.1, 0.15) is 48.8 Å². The number of ether oxygens (including phenoxy) is 5. The van der Waals surface area contributed by atoms with E-state index >= 15 is 0 Å². The third-order valence-corrected chi connectivity index (χ3v) is 5.98. The summed E-state index contributed by atoms with van der Waals surface area (Å²) in [6.07, 6.45) is -5.38. The summed E-state index contributed by atoms with van der Waals surface area (Å²) in [5, 5.41) is 54.1. The highest BCUT2D eigenvalue weighted by molar-refractivity contribution is 5.76. The SMILES string of the molecule is C#CCCCOCCC(=O)NCC1O[C@@H](O[C@@H]2C(CO)O[C@@H]3OC(C)=NC3[C@H]2O)C(O)[C@@H](O)[C@H]1O. The summed E-state index contributed by atoms with van der Waals surface area (Å²) in [5.74, 6) is 2.43. The van der Waals surface area contributed by atoms with Gasteiger partial charge in [-0.05, 0) is 6.42 Å². The van der Waals surface area contributed by atoms with Crippen LogP contribution < -0.4 is 5.32 Å². The van der Waals surface area contributed by atoms with Crippen LogP contribution in [-0.2, 0) is 28.5 Å². The van der Waals surface area contributed by atoms with Crippen molar-refractivity contribution in [3.63, 3.8) is 0 Å². The molecule has 3 aliphatic rings. The number of rotatable bonds is 11. The molecule has 0 bridgehead atoms. The zero-order valence-electron chi connectivity index (χ0n) is 19.4. The molecule has 198 valence electrons. The number of hydrogen-bond acceptors (Lipinski definition) is 12. The van der Waals surface area contributed by atoms with Crippen molar-refractivity contribution in [3.8, 4) is 12.3 Å². The number of fused-ring (bicyclic) bond motifs is 1. The Hall–Kier alpha value is -1.86. The largest absolute Gasteiger partial charge is 0.450 e. The topological polar surface area (TPSA) is 189 Å². The lowest BCUT2D eigenvalue weighted by molar-refractivity contribution is -0.338. The fraction of sp³-hybridized carbons (Fsp3) is 0.818. The predicted molar refractivity (Wildman–Crippen MR) is 118 cm³/mol. The maximum absolute atomic E-state index is 12.1. The van der Waals surface area contributed by atoms with Crippen molar-refractivity contribution >= 4 is 11.8 Å². The average molecular weight is 503 g/mol. The van der Waals surface area contributed by atoms with Gasteiger partial charge in [-0.2, -0.15) is 0 Å². The summed E-state index contributed by atoms with van der Waals surface area (Å²) in [6, 6.07) is -0.817. The van der Waals surface area contributed by atoms with Crippen LogP contribution in [0.5, 0.6) is 0 Å². The van der Waals surface area contributed by atoms with Gasteiger partial charge < -0.3 is 54.5 Å². The van der Waals surface area contributed by atoms with Crippen molar-refractivity contribution in [2.75, 3.05) is 26.4 Å². The fourth-order valence-electron chi connectivity index (χ4n) is 4.06. The van der Waals surface area contributed by atoms with Crippen molar-refractivity contribution in [1.29, 1.82) is 0 Å². The number of nitrogens with one attached hydrogen (secondary N) is 1. The first kappa shape index (κ1) is 27.7. The van der Waals surface area contributed by atoms with Crippen LogP contribution in [0.15, 0.2) is 4.99 Å². The number of carbonyl (C=O) groups excluding carboxylic acids is 1. The minimum atomic E-state index is -1.68. The molecule has 6 N–H and O–H groups in total. The molecule has 0 aliphatic carbocycles. The first-order valence-electron chi connectivity index (χ1n) is 11.5. The molecule has 35 heavy (non-hydrogen) atoms. The van der Waals surface area contributed by atoms with Gasteiger partial charge in [0.25, 0.3) is 0 Å².